The van der Waals surface area contributed by atoms with Crippen molar-refractivity contribution in [2.45, 2.75) is 5.92 Å². The lowest BCUT2D eigenvalue weighted by molar-refractivity contribution is -0.481. The summed E-state index contributed by atoms with van der Waals surface area (Å²) in [6.45, 7) is -0.275. The molecule has 0 aliphatic rings. The maximum absolute atomic E-state index is 11.6. The first-order valence-corrected chi connectivity index (χ1v) is 9.28. The number of nitrogens with zero attached hydrogens (tertiary/aromatic N) is 1. The summed E-state index contributed by atoms with van der Waals surface area (Å²) in [6, 6.07) is 24.1. The van der Waals surface area contributed by atoms with Gasteiger partial charge in [-0.2, -0.15) is 0 Å². The summed E-state index contributed by atoms with van der Waals surface area (Å²) in [5.41, 5.74) is 4.43. The molecule has 4 rings (SSSR count). The van der Waals surface area contributed by atoms with Gasteiger partial charge in [-0.15, -0.1) is 0 Å². The number of rotatable bonds is 6. The van der Waals surface area contributed by atoms with Crippen LogP contribution in [0.5, 0.6) is 0 Å². The van der Waals surface area contributed by atoms with E-state index >= 15 is 0 Å². The zero-order chi connectivity index (χ0) is 20.4. The number of fused-ring (bicyclic) bond motifs is 1. The fourth-order valence-corrected chi connectivity index (χ4v) is 3.78. The second-order valence-corrected chi connectivity index (χ2v) is 6.94. The van der Waals surface area contributed by atoms with Gasteiger partial charge in [0.2, 0.25) is 6.54 Å². The SMILES string of the molecule is O=[N+]([O-])CC(c1ccccc1)c1c(-c2ccccc2)[nH]c2ccc(B(O)O)cc12. The van der Waals surface area contributed by atoms with Crippen LogP contribution >= 0.6 is 0 Å². The maximum Gasteiger partial charge on any atom is 0.488 e. The molecule has 144 valence electrons. The predicted octanol–water partition coefficient (Wildman–Crippen LogP) is 2.92. The average molecular weight is 386 g/mol. The van der Waals surface area contributed by atoms with Crippen molar-refractivity contribution in [1.29, 1.82) is 0 Å². The van der Waals surface area contributed by atoms with Gasteiger partial charge in [0.1, 0.15) is 0 Å². The molecule has 0 radical (unpaired) electrons. The van der Waals surface area contributed by atoms with E-state index < -0.39 is 13.0 Å². The average Bonchev–Trinajstić information content (AvgIpc) is 3.11. The van der Waals surface area contributed by atoms with E-state index in [0.717, 1.165) is 33.3 Å². The van der Waals surface area contributed by atoms with Gasteiger partial charge >= 0.3 is 7.12 Å². The van der Waals surface area contributed by atoms with Crippen LogP contribution in [-0.2, 0) is 0 Å². The lowest BCUT2D eigenvalue weighted by atomic mass is 9.78. The molecule has 7 heteroatoms. The van der Waals surface area contributed by atoms with Crippen LogP contribution in [0.1, 0.15) is 17.0 Å². The van der Waals surface area contributed by atoms with Gasteiger partial charge in [0.05, 0.1) is 11.6 Å². The van der Waals surface area contributed by atoms with Gasteiger partial charge in [-0.05, 0) is 28.2 Å². The number of aromatic nitrogens is 1. The number of benzene rings is 3. The molecular formula is C22H19BN2O4. The Morgan fingerprint density at radius 3 is 2.24 bits per heavy atom. The molecule has 0 amide bonds. The Morgan fingerprint density at radius 1 is 0.966 bits per heavy atom. The van der Waals surface area contributed by atoms with Crippen molar-refractivity contribution in [2.24, 2.45) is 0 Å². The summed E-state index contributed by atoms with van der Waals surface area (Å²) in [5.74, 6) is -0.499. The summed E-state index contributed by atoms with van der Waals surface area (Å²) < 4.78 is 0. The third-order valence-corrected chi connectivity index (χ3v) is 5.11. The Labute approximate surface area is 167 Å². The molecule has 6 nitrogen and oxygen atoms in total. The van der Waals surface area contributed by atoms with E-state index in [0.29, 0.717) is 5.46 Å². The Hall–Kier alpha value is -3.42. The second kappa shape index (κ2) is 7.91. The molecule has 1 heterocycles. The Kier molecular flexibility index (Phi) is 5.16. The van der Waals surface area contributed by atoms with Gasteiger partial charge in [-0.25, -0.2) is 0 Å². The molecule has 0 aliphatic heterocycles. The highest BCUT2D eigenvalue weighted by Crippen LogP contribution is 2.38. The first-order chi connectivity index (χ1) is 14.0. The smallest absolute Gasteiger partial charge is 0.423 e. The fourth-order valence-electron chi connectivity index (χ4n) is 3.78. The van der Waals surface area contributed by atoms with Gasteiger partial charge in [-0.1, -0.05) is 72.8 Å². The first-order valence-electron chi connectivity index (χ1n) is 9.28. The summed E-state index contributed by atoms with van der Waals surface area (Å²) >= 11 is 0. The second-order valence-electron chi connectivity index (χ2n) is 6.94. The highest BCUT2D eigenvalue weighted by Gasteiger charge is 2.28. The third kappa shape index (κ3) is 3.78. The monoisotopic (exact) mass is 386 g/mol. The van der Waals surface area contributed by atoms with Crippen molar-refractivity contribution in [3.63, 3.8) is 0 Å². The summed E-state index contributed by atoms with van der Waals surface area (Å²) in [4.78, 5) is 14.6. The number of nitro groups is 1. The molecule has 0 spiro atoms. The molecule has 0 saturated heterocycles. The van der Waals surface area contributed by atoms with Crippen molar-refractivity contribution < 1.29 is 15.0 Å². The highest BCUT2D eigenvalue weighted by molar-refractivity contribution is 6.58. The third-order valence-electron chi connectivity index (χ3n) is 5.11. The van der Waals surface area contributed by atoms with Crippen LogP contribution in [0.15, 0.2) is 78.9 Å². The molecular weight excluding hydrogens is 367 g/mol. The fraction of sp³-hybridized carbons (Fsp3) is 0.0909. The molecule has 0 aliphatic carbocycles. The molecule has 0 saturated carbocycles. The zero-order valence-corrected chi connectivity index (χ0v) is 15.5. The minimum Gasteiger partial charge on any atom is -0.423 e. The molecule has 29 heavy (non-hydrogen) atoms. The van der Waals surface area contributed by atoms with Gasteiger partial charge in [0.25, 0.3) is 0 Å². The minimum atomic E-state index is -1.62. The van der Waals surface area contributed by atoms with Crippen LogP contribution in [0, 0.1) is 10.1 Å². The van der Waals surface area contributed by atoms with Crippen molar-refractivity contribution in [1.82, 2.24) is 4.98 Å². The molecule has 1 aromatic heterocycles. The van der Waals surface area contributed by atoms with E-state index in [1.165, 1.54) is 0 Å². The Morgan fingerprint density at radius 2 is 1.62 bits per heavy atom. The number of aromatic amines is 1. The first kappa shape index (κ1) is 18.9. The molecule has 1 atom stereocenters. The van der Waals surface area contributed by atoms with Gasteiger partial charge in [0, 0.05) is 15.8 Å². The van der Waals surface area contributed by atoms with E-state index in [9.17, 15) is 20.2 Å². The molecule has 1 unspecified atom stereocenters. The molecule has 0 fully saturated rings. The normalized spacial score (nSPS) is 12.1. The standard InChI is InChI=1S/C22H19BN2O4/c26-23(27)17-11-12-20-18(13-17)21(22(24-20)16-9-5-2-6-10-16)19(14-25(28)29)15-7-3-1-4-8-15/h1-13,19,24,26-27H,14H2. The molecule has 3 aromatic carbocycles. The number of nitrogens with one attached hydrogen (secondary N) is 1. The van der Waals surface area contributed by atoms with Crippen molar-refractivity contribution >= 4 is 23.5 Å². The van der Waals surface area contributed by atoms with Gasteiger partial charge in [0.15, 0.2) is 0 Å². The van der Waals surface area contributed by atoms with Crippen molar-refractivity contribution in [2.75, 3.05) is 6.54 Å². The highest BCUT2D eigenvalue weighted by atomic mass is 16.6. The summed E-state index contributed by atoms with van der Waals surface area (Å²) in [6.07, 6.45) is 0. The van der Waals surface area contributed by atoms with Gasteiger partial charge < -0.3 is 15.0 Å². The van der Waals surface area contributed by atoms with Crippen LogP contribution in [0.4, 0.5) is 0 Å². The topological polar surface area (TPSA) is 99.4 Å². The molecule has 4 aromatic rings. The van der Waals surface area contributed by atoms with Crippen LogP contribution in [0.25, 0.3) is 22.2 Å². The van der Waals surface area contributed by atoms with E-state index in [1.54, 1.807) is 18.2 Å². The predicted molar refractivity (Wildman–Crippen MR) is 114 cm³/mol. The number of H-pyrrole nitrogens is 1. The van der Waals surface area contributed by atoms with E-state index in [4.69, 9.17) is 0 Å². The number of hydrogen-bond donors (Lipinski definition) is 3. The van der Waals surface area contributed by atoms with Crippen LogP contribution in [-0.4, -0.2) is 33.6 Å². The van der Waals surface area contributed by atoms with E-state index in [-0.39, 0.29) is 11.5 Å². The number of hydrogen-bond acceptors (Lipinski definition) is 4. The summed E-state index contributed by atoms with van der Waals surface area (Å²) in [5, 5.41) is 31.6. The lowest BCUT2D eigenvalue weighted by Gasteiger charge is -2.16. The van der Waals surface area contributed by atoms with Crippen LogP contribution < -0.4 is 5.46 Å². The van der Waals surface area contributed by atoms with Crippen molar-refractivity contribution in [3.8, 4) is 11.3 Å². The largest absolute Gasteiger partial charge is 0.488 e. The van der Waals surface area contributed by atoms with Crippen molar-refractivity contribution in [3.05, 3.63) is 100 Å². The van der Waals surface area contributed by atoms with Crippen LogP contribution in [0.2, 0.25) is 0 Å². The van der Waals surface area contributed by atoms with E-state index in [2.05, 4.69) is 4.98 Å². The Bertz CT molecular complexity index is 1140. The Balaban J connectivity index is 2.02. The van der Waals surface area contributed by atoms with E-state index in [1.807, 2.05) is 60.7 Å². The maximum atomic E-state index is 11.6. The molecule has 3 N–H and O–H groups in total. The quantitative estimate of drug-likeness (QED) is 0.270. The molecule has 0 bridgehead atoms. The minimum absolute atomic E-state index is 0.275. The zero-order valence-electron chi connectivity index (χ0n) is 15.5. The summed E-state index contributed by atoms with van der Waals surface area (Å²) in [7, 11) is -1.62. The van der Waals surface area contributed by atoms with Crippen LogP contribution in [0.3, 0.4) is 0 Å². The van der Waals surface area contributed by atoms with Gasteiger partial charge in [-0.3, -0.25) is 10.1 Å². The lowest BCUT2D eigenvalue weighted by Crippen LogP contribution is -2.29.